The standard InChI is InChI=1S/C21H24N4O3/c1-22-21(28)23-19(26)18(16-8-4-2-5-9-16)24-12-14-25(15-13-24)20(27)17-10-6-3-7-11-17/h2-11,18H,12-15H2,1H3,(H2,22,23,26,28)/t18-/m0/s1. The number of nitrogens with zero attached hydrogens (tertiary/aromatic N) is 2. The molecule has 7 heteroatoms. The molecule has 1 atom stereocenters. The molecule has 2 N–H and O–H groups in total. The maximum atomic E-state index is 12.8. The number of carbonyl (C=O) groups is 3. The van der Waals surface area contributed by atoms with Gasteiger partial charge in [-0.3, -0.25) is 19.8 Å². The van der Waals surface area contributed by atoms with Crippen LogP contribution in [0.1, 0.15) is 22.0 Å². The van der Waals surface area contributed by atoms with Gasteiger partial charge >= 0.3 is 6.03 Å². The van der Waals surface area contributed by atoms with Gasteiger partial charge in [-0.1, -0.05) is 48.5 Å². The lowest BCUT2D eigenvalue weighted by Crippen LogP contribution is -2.53. The number of benzene rings is 2. The van der Waals surface area contributed by atoms with E-state index in [4.69, 9.17) is 0 Å². The van der Waals surface area contributed by atoms with Gasteiger partial charge in [0.25, 0.3) is 5.91 Å². The SMILES string of the molecule is CNC(=O)NC(=O)[C@H](c1ccccc1)N1CCN(C(=O)c2ccccc2)CC1. The smallest absolute Gasteiger partial charge is 0.321 e. The van der Waals surface area contributed by atoms with Crippen LogP contribution in [0.25, 0.3) is 0 Å². The van der Waals surface area contributed by atoms with Crippen molar-refractivity contribution in [2.24, 2.45) is 0 Å². The molecule has 0 saturated carbocycles. The molecule has 1 saturated heterocycles. The summed E-state index contributed by atoms with van der Waals surface area (Å²) in [5.74, 6) is -0.389. The van der Waals surface area contributed by atoms with E-state index in [9.17, 15) is 14.4 Å². The fraction of sp³-hybridized carbons (Fsp3) is 0.286. The molecule has 1 heterocycles. The number of hydrogen-bond donors (Lipinski definition) is 2. The summed E-state index contributed by atoms with van der Waals surface area (Å²) in [5.41, 5.74) is 1.47. The maximum absolute atomic E-state index is 12.8. The Balaban J connectivity index is 1.71. The summed E-state index contributed by atoms with van der Waals surface area (Å²) in [7, 11) is 1.47. The minimum Gasteiger partial charge on any atom is -0.341 e. The third kappa shape index (κ3) is 4.55. The minimum absolute atomic E-state index is 0.00803. The number of imide groups is 1. The Morgan fingerprint density at radius 1 is 0.857 bits per heavy atom. The van der Waals surface area contributed by atoms with Crippen LogP contribution in [-0.2, 0) is 4.79 Å². The molecular weight excluding hydrogens is 356 g/mol. The third-order valence-electron chi connectivity index (χ3n) is 4.81. The number of rotatable bonds is 4. The van der Waals surface area contributed by atoms with E-state index in [0.29, 0.717) is 31.7 Å². The molecule has 146 valence electrons. The average Bonchev–Trinajstić information content (AvgIpc) is 2.75. The largest absolute Gasteiger partial charge is 0.341 e. The highest BCUT2D eigenvalue weighted by Gasteiger charge is 2.32. The molecule has 1 fully saturated rings. The summed E-state index contributed by atoms with van der Waals surface area (Å²) < 4.78 is 0. The van der Waals surface area contributed by atoms with Gasteiger partial charge in [-0.15, -0.1) is 0 Å². The Morgan fingerprint density at radius 3 is 2.00 bits per heavy atom. The topological polar surface area (TPSA) is 81.8 Å². The average molecular weight is 380 g/mol. The molecule has 0 aliphatic carbocycles. The molecule has 2 aromatic carbocycles. The molecule has 28 heavy (non-hydrogen) atoms. The normalized spacial score (nSPS) is 15.5. The predicted octanol–water partition coefficient (Wildman–Crippen LogP) is 1.64. The number of hydrogen-bond acceptors (Lipinski definition) is 4. The first-order valence-corrected chi connectivity index (χ1v) is 9.26. The fourth-order valence-corrected chi connectivity index (χ4v) is 3.35. The number of amides is 4. The first-order valence-electron chi connectivity index (χ1n) is 9.26. The van der Waals surface area contributed by atoms with Crippen LogP contribution in [0.15, 0.2) is 60.7 Å². The third-order valence-corrected chi connectivity index (χ3v) is 4.81. The summed E-state index contributed by atoms with van der Waals surface area (Å²) in [6.45, 7) is 2.12. The highest BCUT2D eigenvalue weighted by Crippen LogP contribution is 2.23. The summed E-state index contributed by atoms with van der Waals surface area (Å²) >= 11 is 0. The van der Waals surface area contributed by atoms with Gasteiger partial charge in [-0.05, 0) is 17.7 Å². The van der Waals surface area contributed by atoms with Crippen molar-refractivity contribution in [2.75, 3.05) is 33.2 Å². The Hall–Kier alpha value is -3.19. The van der Waals surface area contributed by atoms with Gasteiger partial charge in [0.2, 0.25) is 5.91 Å². The van der Waals surface area contributed by atoms with E-state index in [0.717, 1.165) is 5.56 Å². The Bertz CT molecular complexity index is 818. The van der Waals surface area contributed by atoms with Crippen LogP contribution in [0, 0.1) is 0 Å². The fourth-order valence-electron chi connectivity index (χ4n) is 3.35. The maximum Gasteiger partial charge on any atom is 0.321 e. The molecule has 3 rings (SSSR count). The molecule has 0 radical (unpaired) electrons. The van der Waals surface area contributed by atoms with E-state index < -0.39 is 12.1 Å². The quantitative estimate of drug-likeness (QED) is 0.845. The summed E-state index contributed by atoms with van der Waals surface area (Å²) in [6, 6.07) is 17.4. The van der Waals surface area contributed by atoms with Gasteiger partial charge in [0.1, 0.15) is 6.04 Å². The van der Waals surface area contributed by atoms with Gasteiger partial charge in [0.15, 0.2) is 0 Å². The molecule has 0 unspecified atom stereocenters. The molecule has 1 aliphatic heterocycles. The highest BCUT2D eigenvalue weighted by atomic mass is 16.2. The van der Waals surface area contributed by atoms with Gasteiger partial charge in [-0.25, -0.2) is 4.79 Å². The van der Waals surface area contributed by atoms with Crippen LogP contribution >= 0.6 is 0 Å². The van der Waals surface area contributed by atoms with Crippen molar-refractivity contribution in [3.63, 3.8) is 0 Å². The van der Waals surface area contributed by atoms with Gasteiger partial charge in [-0.2, -0.15) is 0 Å². The molecule has 7 nitrogen and oxygen atoms in total. The lowest BCUT2D eigenvalue weighted by atomic mass is 10.0. The van der Waals surface area contributed by atoms with Crippen LogP contribution in [-0.4, -0.2) is 60.9 Å². The van der Waals surface area contributed by atoms with Crippen molar-refractivity contribution in [1.29, 1.82) is 0 Å². The van der Waals surface area contributed by atoms with Gasteiger partial charge in [0.05, 0.1) is 0 Å². The van der Waals surface area contributed by atoms with E-state index in [-0.39, 0.29) is 11.8 Å². The van der Waals surface area contributed by atoms with Crippen LogP contribution < -0.4 is 10.6 Å². The van der Waals surface area contributed by atoms with Crippen LogP contribution in [0.5, 0.6) is 0 Å². The Kier molecular flexibility index (Phi) is 6.39. The first-order chi connectivity index (χ1) is 13.6. The van der Waals surface area contributed by atoms with Gasteiger partial charge in [0, 0.05) is 38.8 Å². The Morgan fingerprint density at radius 2 is 1.43 bits per heavy atom. The minimum atomic E-state index is -0.590. The zero-order valence-corrected chi connectivity index (χ0v) is 15.8. The zero-order chi connectivity index (χ0) is 19.9. The van der Waals surface area contributed by atoms with E-state index in [1.54, 1.807) is 17.0 Å². The molecule has 0 aromatic heterocycles. The number of carbonyl (C=O) groups excluding carboxylic acids is 3. The predicted molar refractivity (Wildman–Crippen MR) is 106 cm³/mol. The van der Waals surface area contributed by atoms with Gasteiger partial charge < -0.3 is 10.2 Å². The lowest BCUT2D eigenvalue weighted by molar-refractivity contribution is -0.126. The highest BCUT2D eigenvalue weighted by molar-refractivity contribution is 5.97. The number of nitrogens with one attached hydrogen (secondary N) is 2. The van der Waals surface area contributed by atoms with Crippen molar-refractivity contribution < 1.29 is 14.4 Å². The second-order valence-electron chi connectivity index (χ2n) is 6.58. The monoisotopic (exact) mass is 380 g/mol. The van der Waals surface area contributed by atoms with E-state index >= 15 is 0 Å². The van der Waals surface area contributed by atoms with Crippen LogP contribution in [0.2, 0.25) is 0 Å². The number of urea groups is 1. The second-order valence-corrected chi connectivity index (χ2v) is 6.58. The van der Waals surface area contributed by atoms with Crippen LogP contribution in [0.3, 0.4) is 0 Å². The molecule has 4 amide bonds. The van der Waals surface area contributed by atoms with Crippen molar-refractivity contribution in [1.82, 2.24) is 20.4 Å². The molecular formula is C21H24N4O3. The Labute approximate surface area is 164 Å². The van der Waals surface area contributed by atoms with Crippen molar-refractivity contribution in [3.05, 3.63) is 71.8 Å². The number of piperazine rings is 1. The summed E-state index contributed by atoms with van der Waals surface area (Å²) in [4.78, 5) is 40.8. The molecule has 0 spiro atoms. The lowest BCUT2D eigenvalue weighted by Gasteiger charge is -2.38. The summed E-state index contributed by atoms with van der Waals surface area (Å²) in [6.07, 6.45) is 0. The first kappa shape index (κ1) is 19.6. The molecule has 0 bridgehead atoms. The summed E-state index contributed by atoms with van der Waals surface area (Å²) in [5, 5.41) is 4.78. The molecule has 2 aromatic rings. The van der Waals surface area contributed by atoms with Crippen molar-refractivity contribution in [3.8, 4) is 0 Å². The zero-order valence-electron chi connectivity index (χ0n) is 15.8. The van der Waals surface area contributed by atoms with Crippen LogP contribution in [0.4, 0.5) is 4.79 Å². The second kappa shape index (κ2) is 9.14. The van der Waals surface area contributed by atoms with Crippen molar-refractivity contribution >= 4 is 17.8 Å². The van der Waals surface area contributed by atoms with E-state index in [2.05, 4.69) is 10.6 Å². The van der Waals surface area contributed by atoms with Crippen molar-refractivity contribution in [2.45, 2.75) is 6.04 Å². The van der Waals surface area contributed by atoms with E-state index in [1.807, 2.05) is 53.4 Å². The molecule has 1 aliphatic rings. The van der Waals surface area contributed by atoms with E-state index in [1.165, 1.54) is 7.05 Å².